The molecule has 0 radical (unpaired) electrons. The molecule has 0 spiro atoms. The number of carbonyl (C=O) groups excluding carboxylic acids is 3. The van der Waals surface area contributed by atoms with Gasteiger partial charge in [-0.15, -0.1) is 0 Å². The van der Waals surface area contributed by atoms with E-state index in [1.807, 2.05) is 32.9 Å². The van der Waals surface area contributed by atoms with Gasteiger partial charge in [-0.2, -0.15) is 0 Å². The number of piperidine rings is 1. The maximum absolute atomic E-state index is 13.2. The van der Waals surface area contributed by atoms with E-state index in [1.54, 1.807) is 35.2 Å². The van der Waals surface area contributed by atoms with Gasteiger partial charge in [0.2, 0.25) is 18.6 Å². The molecule has 4 rings (SSSR count). The van der Waals surface area contributed by atoms with Crippen molar-refractivity contribution in [2.45, 2.75) is 39.7 Å². The molecule has 1 atom stereocenters. The number of nitrogens with zero attached hydrogens (tertiary/aromatic N) is 1. The molecule has 2 aromatic rings. The van der Waals surface area contributed by atoms with Crippen LogP contribution in [0.4, 0.5) is 5.69 Å². The average molecular weight is 466 g/mol. The number of anilines is 1. The topological polar surface area (TPSA) is 97.0 Å². The second-order valence-electron chi connectivity index (χ2n) is 9.22. The fourth-order valence-electron chi connectivity index (χ4n) is 4.30. The standard InChI is InChI=1S/C26H31N3O5/c1-16(2)23(28-25(31)19-6-4-5-17(3)13-19)26(32)29-11-9-18(10-12-29)24(30)27-20-7-8-21-22(14-20)34-15-33-21/h4-8,13-14,16,18,23H,9-12,15H2,1-3H3,(H,27,30)(H,28,31)/t23-/m0/s1. The summed E-state index contributed by atoms with van der Waals surface area (Å²) in [5.41, 5.74) is 2.19. The molecule has 2 aliphatic rings. The molecule has 1 fully saturated rings. The summed E-state index contributed by atoms with van der Waals surface area (Å²) in [7, 11) is 0. The maximum Gasteiger partial charge on any atom is 0.251 e. The van der Waals surface area contributed by atoms with Crippen molar-refractivity contribution in [2.75, 3.05) is 25.2 Å². The molecule has 2 aliphatic heterocycles. The van der Waals surface area contributed by atoms with Gasteiger partial charge in [0.05, 0.1) is 0 Å². The molecular formula is C26H31N3O5. The van der Waals surface area contributed by atoms with Crippen LogP contribution in [0.25, 0.3) is 0 Å². The minimum atomic E-state index is -0.618. The quantitative estimate of drug-likeness (QED) is 0.682. The van der Waals surface area contributed by atoms with Gasteiger partial charge in [0.1, 0.15) is 6.04 Å². The second-order valence-corrected chi connectivity index (χ2v) is 9.22. The van der Waals surface area contributed by atoms with Crippen molar-refractivity contribution >= 4 is 23.4 Å². The Bertz CT molecular complexity index is 1080. The lowest BCUT2D eigenvalue weighted by molar-refractivity contribution is -0.137. The van der Waals surface area contributed by atoms with Crippen LogP contribution in [0.15, 0.2) is 42.5 Å². The van der Waals surface area contributed by atoms with Crippen molar-refractivity contribution in [2.24, 2.45) is 11.8 Å². The number of fused-ring (bicyclic) bond motifs is 1. The summed E-state index contributed by atoms with van der Waals surface area (Å²) in [6.07, 6.45) is 1.14. The van der Waals surface area contributed by atoms with E-state index in [1.165, 1.54) is 0 Å². The zero-order valence-electron chi connectivity index (χ0n) is 19.8. The van der Waals surface area contributed by atoms with Gasteiger partial charge in [-0.1, -0.05) is 31.5 Å². The number of benzene rings is 2. The van der Waals surface area contributed by atoms with Crippen LogP contribution in [0.2, 0.25) is 0 Å². The van der Waals surface area contributed by atoms with Gasteiger partial charge in [0.25, 0.3) is 5.91 Å². The molecule has 8 nitrogen and oxygen atoms in total. The predicted octanol–water partition coefficient (Wildman–Crippen LogP) is 3.36. The number of hydrogen-bond donors (Lipinski definition) is 2. The Kier molecular flexibility index (Phi) is 7.05. The average Bonchev–Trinajstić information content (AvgIpc) is 3.30. The van der Waals surface area contributed by atoms with E-state index in [0.717, 1.165) is 5.56 Å². The van der Waals surface area contributed by atoms with Crippen molar-refractivity contribution < 1.29 is 23.9 Å². The number of aryl methyl sites for hydroxylation is 1. The number of likely N-dealkylation sites (tertiary alicyclic amines) is 1. The summed E-state index contributed by atoms with van der Waals surface area (Å²) in [4.78, 5) is 40.5. The second kappa shape index (κ2) is 10.2. The maximum atomic E-state index is 13.2. The zero-order valence-corrected chi connectivity index (χ0v) is 19.8. The highest BCUT2D eigenvalue weighted by Crippen LogP contribution is 2.34. The Morgan fingerprint density at radius 3 is 2.44 bits per heavy atom. The van der Waals surface area contributed by atoms with E-state index in [9.17, 15) is 14.4 Å². The third-order valence-electron chi connectivity index (χ3n) is 6.32. The summed E-state index contributed by atoms with van der Waals surface area (Å²) in [5.74, 6) is 0.602. The highest BCUT2D eigenvalue weighted by molar-refractivity contribution is 5.98. The lowest BCUT2D eigenvalue weighted by atomic mass is 9.94. The van der Waals surface area contributed by atoms with E-state index in [0.29, 0.717) is 48.7 Å². The van der Waals surface area contributed by atoms with Crippen LogP contribution >= 0.6 is 0 Å². The van der Waals surface area contributed by atoms with Gasteiger partial charge in [0, 0.05) is 36.3 Å². The molecule has 0 unspecified atom stereocenters. The Morgan fingerprint density at radius 1 is 1.00 bits per heavy atom. The lowest BCUT2D eigenvalue weighted by Crippen LogP contribution is -2.53. The number of hydrogen-bond acceptors (Lipinski definition) is 5. The molecule has 3 amide bonds. The van der Waals surface area contributed by atoms with Crippen molar-refractivity contribution in [1.29, 1.82) is 0 Å². The van der Waals surface area contributed by atoms with Crippen LogP contribution in [0.5, 0.6) is 11.5 Å². The van der Waals surface area contributed by atoms with Crippen LogP contribution in [0.1, 0.15) is 42.6 Å². The van der Waals surface area contributed by atoms with E-state index >= 15 is 0 Å². The molecule has 34 heavy (non-hydrogen) atoms. The first-order valence-corrected chi connectivity index (χ1v) is 11.7. The SMILES string of the molecule is Cc1cccc(C(=O)N[C@H](C(=O)N2CCC(C(=O)Nc3ccc4c(c3)OCO4)CC2)C(C)C)c1. The Morgan fingerprint density at radius 2 is 1.74 bits per heavy atom. The van der Waals surface area contributed by atoms with Crippen molar-refractivity contribution in [3.63, 3.8) is 0 Å². The summed E-state index contributed by atoms with van der Waals surface area (Å²) >= 11 is 0. The largest absolute Gasteiger partial charge is 0.454 e. The monoisotopic (exact) mass is 465 g/mol. The molecule has 2 N–H and O–H groups in total. The molecule has 1 saturated heterocycles. The van der Waals surface area contributed by atoms with Gasteiger partial charge >= 0.3 is 0 Å². The highest BCUT2D eigenvalue weighted by atomic mass is 16.7. The first-order valence-electron chi connectivity index (χ1n) is 11.7. The van der Waals surface area contributed by atoms with E-state index in [2.05, 4.69) is 10.6 Å². The fraction of sp³-hybridized carbons (Fsp3) is 0.423. The number of rotatable bonds is 6. The number of nitrogens with one attached hydrogen (secondary N) is 2. The Hall–Kier alpha value is -3.55. The molecule has 0 bridgehead atoms. The van der Waals surface area contributed by atoms with Crippen molar-refractivity contribution in [3.8, 4) is 11.5 Å². The molecule has 180 valence electrons. The number of amides is 3. The van der Waals surface area contributed by atoms with E-state index in [4.69, 9.17) is 9.47 Å². The third kappa shape index (κ3) is 5.32. The summed E-state index contributed by atoms with van der Waals surface area (Å²) in [6.45, 7) is 6.90. The molecule has 2 heterocycles. The molecular weight excluding hydrogens is 434 g/mol. The number of carbonyl (C=O) groups is 3. The minimum Gasteiger partial charge on any atom is -0.454 e. The van der Waals surface area contributed by atoms with Gasteiger partial charge in [-0.05, 0) is 49.9 Å². The minimum absolute atomic E-state index is 0.0618. The Balaban J connectivity index is 1.32. The van der Waals surface area contributed by atoms with E-state index < -0.39 is 6.04 Å². The predicted molar refractivity (Wildman–Crippen MR) is 128 cm³/mol. The molecule has 0 aliphatic carbocycles. The van der Waals surface area contributed by atoms with Crippen LogP contribution in [-0.4, -0.2) is 48.5 Å². The molecule has 2 aromatic carbocycles. The van der Waals surface area contributed by atoms with Gasteiger partial charge in [-0.3, -0.25) is 14.4 Å². The highest BCUT2D eigenvalue weighted by Gasteiger charge is 2.33. The molecule has 0 saturated carbocycles. The van der Waals surface area contributed by atoms with Crippen molar-refractivity contribution in [3.05, 3.63) is 53.6 Å². The normalized spacial score (nSPS) is 16.3. The summed E-state index contributed by atoms with van der Waals surface area (Å²) < 4.78 is 10.7. The number of ether oxygens (including phenoxy) is 2. The first-order chi connectivity index (χ1) is 16.3. The van der Waals surface area contributed by atoms with Gasteiger partial charge < -0.3 is 25.0 Å². The van der Waals surface area contributed by atoms with Crippen LogP contribution in [-0.2, 0) is 9.59 Å². The van der Waals surface area contributed by atoms with Crippen molar-refractivity contribution in [1.82, 2.24) is 10.2 Å². The van der Waals surface area contributed by atoms with Gasteiger partial charge in [0.15, 0.2) is 11.5 Å². The van der Waals surface area contributed by atoms with Crippen LogP contribution in [0.3, 0.4) is 0 Å². The smallest absolute Gasteiger partial charge is 0.251 e. The van der Waals surface area contributed by atoms with E-state index in [-0.39, 0.29) is 36.4 Å². The zero-order chi connectivity index (χ0) is 24.2. The Labute approximate surface area is 199 Å². The molecule has 8 heteroatoms. The first kappa shape index (κ1) is 23.6. The van der Waals surface area contributed by atoms with Crippen LogP contribution < -0.4 is 20.1 Å². The third-order valence-corrected chi connectivity index (χ3v) is 6.32. The van der Waals surface area contributed by atoms with Crippen LogP contribution in [0, 0.1) is 18.8 Å². The summed E-state index contributed by atoms with van der Waals surface area (Å²) in [6, 6.07) is 12.0. The summed E-state index contributed by atoms with van der Waals surface area (Å²) in [5, 5.41) is 5.85. The lowest BCUT2D eigenvalue weighted by Gasteiger charge is -2.35. The molecule has 0 aromatic heterocycles. The van der Waals surface area contributed by atoms with Gasteiger partial charge in [-0.25, -0.2) is 0 Å². The fourth-order valence-corrected chi connectivity index (χ4v) is 4.30.